The molecule has 42 nitrogen and oxygen atoms in total. The fraction of sp³-hybridized carbons (Fsp3) is 0.340. The first-order valence-electron chi connectivity index (χ1n) is 50.2. The van der Waals surface area contributed by atoms with Crippen LogP contribution in [-0.2, 0) is 33.2 Å². The van der Waals surface area contributed by atoms with Gasteiger partial charge in [-0.1, -0.05) is 30.3 Å². The number of hydrogen-bond donors (Lipinski definition) is 2. The zero-order chi connectivity index (χ0) is 100. The van der Waals surface area contributed by atoms with Gasteiger partial charge in [-0.3, -0.25) is 14.8 Å². The maximum Gasteiger partial charge on any atom is 0.323 e. The van der Waals surface area contributed by atoms with E-state index in [1.165, 1.54) is 6.33 Å². The molecule has 26 rings (SSSR count). The average molecular weight is 2000 g/mol. The Hall–Kier alpha value is -16.2. The van der Waals surface area contributed by atoms with Gasteiger partial charge >= 0.3 is 6.03 Å². The van der Waals surface area contributed by atoms with E-state index < -0.39 is 0 Å². The van der Waals surface area contributed by atoms with Gasteiger partial charge in [0.2, 0.25) is 5.95 Å². The summed E-state index contributed by atoms with van der Waals surface area (Å²) in [5, 5.41) is 33.3. The number of carbonyl (C=O) groups excluding carboxylic acids is 2. The van der Waals surface area contributed by atoms with Gasteiger partial charge in [-0.05, 0) is 179 Å². The van der Waals surface area contributed by atoms with E-state index in [-0.39, 0.29) is 18.0 Å². The first kappa shape index (κ1) is 97.8. The normalized spacial score (nSPS) is 16.9. The summed E-state index contributed by atoms with van der Waals surface area (Å²) >= 11 is 0. The van der Waals surface area contributed by atoms with Crippen molar-refractivity contribution in [2.24, 2.45) is 0 Å². The number of urea groups is 1. The van der Waals surface area contributed by atoms with Crippen LogP contribution in [0.4, 0.5) is 57.0 Å². The molecule has 0 radical (unpaired) electrons. The van der Waals surface area contributed by atoms with Gasteiger partial charge in [-0.15, -0.1) is 30.6 Å². The summed E-state index contributed by atoms with van der Waals surface area (Å²) in [6, 6.07) is 56.8. The first-order chi connectivity index (χ1) is 72.9. The fourth-order valence-electron chi connectivity index (χ4n) is 18.8. The van der Waals surface area contributed by atoms with Crippen molar-refractivity contribution in [1.82, 2.24) is 117 Å². The van der Waals surface area contributed by atoms with Crippen LogP contribution in [0.5, 0.6) is 0 Å². The third kappa shape index (κ3) is 23.2. The number of anilines is 9. The largest absolute Gasteiger partial charge is 0.378 e. The van der Waals surface area contributed by atoms with E-state index >= 15 is 0 Å². The van der Waals surface area contributed by atoms with E-state index in [1.807, 2.05) is 209 Å². The number of benzene rings is 3. The van der Waals surface area contributed by atoms with Crippen molar-refractivity contribution in [1.29, 1.82) is 0 Å². The number of nitrogens with zero attached hydrogens (tertiary/aromatic N) is 31. The summed E-state index contributed by atoms with van der Waals surface area (Å²) in [6.07, 6.45) is 25.6. The molecule has 2 N–H and O–H groups in total. The van der Waals surface area contributed by atoms with E-state index in [0.717, 1.165) is 298 Å². The number of hydrogen-bond acceptors (Lipinski definition) is 33. The third-order valence-electron chi connectivity index (χ3n) is 26.7. The molecule has 8 aliphatic heterocycles. The molecular formula is C106H117N33O9. The maximum atomic E-state index is 12.9. The molecule has 15 aromatic heterocycles. The van der Waals surface area contributed by atoms with E-state index in [4.69, 9.17) is 68.2 Å². The summed E-state index contributed by atoms with van der Waals surface area (Å²) in [5.41, 5.74) is 12.5. The monoisotopic (exact) mass is 2000 g/mol. The number of likely N-dealkylation sites (tertiary alicyclic amines) is 1. The number of morpholine rings is 7. The molecule has 42 heteroatoms. The molecule has 8 aliphatic rings. The zero-order valence-electron chi connectivity index (χ0n) is 82.9. The number of amides is 3. The summed E-state index contributed by atoms with van der Waals surface area (Å²) < 4.78 is 49.5. The topological polar surface area (TPSA) is 385 Å². The second kappa shape index (κ2) is 46.9. The molecule has 3 amide bonds. The van der Waals surface area contributed by atoms with Crippen LogP contribution in [-0.4, -0.2) is 346 Å². The van der Waals surface area contributed by atoms with Crippen molar-refractivity contribution < 1.29 is 42.7 Å². The SMILES string of the molecule is C[C@@H]1COCCN1c1nc(-c2ccc(NC(=O)Nc3ccc(C(=O)N4CCC(N(C)C)CC4)cc3)cc2)nn2cccc12.c1cc2c(N3CCOCC3)nc(-c3ccncc3)nn2c1.c1cc2c(N3CCOCC3)nc(-c3cncnc3)nn2c1.c1cc2c(N3CCOCC3)nc(N3CCOCC3)nn2c1.c1ccc(-c2nc(N3CCOCC3)c3cccn3n2)cc1.c1cncc(-c2nc(N3CCOCC3)c3cccn3n2)c1. The van der Waals surface area contributed by atoms with Gasteiger partial charge < -0.3 is 87.9 Å². The van der Waals surface area contributed by atoms with E-state index in [1.54, 1.807) is 61.4 Å². The number of ether oxygens (including phenoxy) is 7. The lowest BCUT2D eigenvalue weighted by Crippen LogP contribution is -2.44. The number of fused-ring (bicyclic) bond motifs is 6. The molecule has 0 bridgehead atoms. The van der Waals surface area contributed by atoms with Crippen LogP contribution in [0.15, 0.2) is 257 Å². The van der Waals surface area contributed by atoms with Gasteiger partial charge in [-0.2, -0.15) is 4.98 Å². The van der Waals surface area contributed by atoms with E-state index in [2.05, 4.69) is 128 Å². The Morgan fingerprint density at radius 1 is 0.311 bits per heavy atom. The predicted molar refractivity (Wildman–Crippen MR) is 564 cm³/mol. The second-order valence-electron chi connectivity index (χ2n) is 36.5. The molecule has 3 aromatic carbocycles. The molecule has 18 aromatic rings. The minimum absolute atomic E-state index is 0.0276. The Labute approximate surface area is 853 Å². The van der Waals surface area contributed by atoms with Crippen molar-refractivity contribution in [3.05, 3.63) is 262 Å². The number of carbonyl (C=O) groups is 2. The van der Waals surface area contributed by atoms with E-state index in [9.17, 15) is 9.59 Å². The van der Waals surface area contributed by atoms with Crippen LogP contribution < -0.4 is 44.9 Å². The lowest BCUT2D eigenvalue weighted by Gasteiger charge is -2.35. The highest BCUT2D eigenvalue weighted by atomic mass is 16.5. The van der Waals surface area contributed by atoms with Gasteiger partial charge in [-0.25, -0.2) is 66.8 Å². The Bertz CT molecular complexity index is 6880. The third-order valence-corrected chi connectivity index (χ3v) is 26.7. The number of aromatic nitrogens is 22. The quantitative estimate of drug-likeness (QED) is 0.0907. The second-order valence-corrected chi connectivity index (χ2v) is 36.5. The molecule has 23 heterocycles. The van der Waals surface area contributed by atoms with Gasteiger partial charge in [0.15, 0.2) is 64.0 Å². The summed E-state index contributed by atoms with van der Waals surface area (Å²) in [5.74, 6) is 9.90. The van der Waals surface area contributed by atoms with Gasteiger partial charge in [0, 0.05) is 218 Å². The van der Waals surface area contributed by atoms with E-state index in [0.29, 0.717) is 59.5 Å². The highest BCUT2D eigenvalue weighted by molar-refractivity contribution is 6.01. The van der Waals surface area contributed by atoms with Crippen molar-refractivity contribution >= 4 is 97.3 Å². The van der Waals surface area contributed by atoms with Crippen molar-refractivity contribution in [2.45, 2.75) is 31.8 Å². The fourth-order valence-corrected chi connectivity index (χ4v) is 18.8. The smallest absolute Gasteiger partial charge is 0.323 e. The molecule has 0 saturated carbocycles. The van der Waals surface area contributed by atoms with Crippen LogP contribution >= 0.6 is 0 Å². The lowest BCUT2D eigenvalue weighted by molar-refractivity contribution is 0.0663. The lowest BCUT2D eigenvalue weighted by atomic mass is 10.0. The molecule has 760 valence electrons. The summed E-state index contributed by atoms with van der Waals surface area (Å²) in [4.78, 5) is 90.6. The van der Waals surface area contributed by atoms with Gasteiger partial charge in [0.25, 0.3) is 5.91 Å². The maximum absolute atomic E-state index is 12.9. The number of piperidine rings is 1. The minimum Gasteiger partial charge on any atom is -0.378 e. The standard InChI is InChI=1S/C32H38N8O3.C16H16N4O.2C15H15N5O.C14H14N6O.C14H19N5O2/c1-22-21-43-20-19-39(22)30-28-5-4-16-40(28)36-29(35-30)23-6-10-25(11-7-23)33-32(42)34-26-12-8-24(9-13-26)31(41)38-17-14-27(15-18-38)37(2)3;1-2-5-13(6-3-1)15-17-16(19-9-11-21-12-10-19)14-7-4-8-20(14)18-15;1-3-12(11-16-5-1)14-17-15(19-7-9-21-10-8-19)13-4-2-6-20(13)18-14;1-2-13-15(19-8-10-21-11-9-19)17-14(18-20(13)7-1)12-3-5-16-6-4-12;1-2-12-14(19-4-6-21-7-5-19)17-13(18-20(12)3-1)11-8-15-10-16-9-11;1-2-12-13(17-4-8-20-9-5-17)15-14(16-19(12)3-1)18-6-10-21-11-7-18/h4-13,16,22,27H,14-15,17-21H2,1-3H3,(H2,33,34,42);1-8H,9-12H2;1-6,11H,7-10H2;1-7H,8-11H2;1-3,8-10H,4-7H2;1-3H,4-11H2/t22-;;;;;/m1...../s1. The highest BCUT2D eigenvalue weighted by Gasteiger charge is 2.31. The van der Waals surface area contributed by atoms with Crippen LogP contribution in [0.2, 0.25) is 0 Å². The number of rotatable bonds is 16. The van der Waals surface area contributed by atoms with Crippen molar-refractivity contribution in [2.75, 3.05) is 250 Å². The summed E-state index contributed by atoms with van der Waals surface area (Å²) in [6.45, 7) is 24.9. The van der Waals surface area contributed by atoms with Crippen LogP contribution in [0, 0.1) is 0 Å². The molecule has 1 atom stereocenters. The molecule has 148 heavy (non-hydrogen) atoms. The average Bonchev–Trinajstić information content (AvgIpc) is 1.52. The molecular weight excluding hydrogens is 1880 g/mol. The number of nitrogens with one attached hydrogen (secondary N) is 2. The molecule has 8 fully saturated rings. The Morgan fingerprint density at radius 3 is 1.06 bits per heavy atom. The van der Waals surface area contributed by atoms with Gasteiger partial charge in [0.05, 0.1) is 104 Å². The highest BCUT2D eigenvalue weighted by Crippen LogP contribution is 2.34. The molecule has 8 saturated heterocycles. The minimum atomic E-state index is -0.369. The summed E-state index contributed by atoms with van der Waals surface area (Å²) in [7, 11) is 4.17. The van der Waals surface area contributed by atoms with Crippen molar-refractivity contribution in [3.8, 4) is 56.9 Å². The predicted octanol–water partition coefficient (Wildman–Crippen LogP) is 11.3. The molecule has 0 unspecified atom stereocenters. The Kier molecular flexibility index (Phi) is 31.0. The Balaban J connectivity index is 0.000000107. The van der Waals surface area contributed by atoms with Crippen molar-refractivity contribution in [3.63, 3.8) is 0 Å². The molecule has 0 aliphatic carbocycles. The Morgan fingerprint density at radius 2 is 0.655 bits per heavy atom. The molecule has 0 spiro atoms. The van der Waals surface area contributed by atoms with Crippen LogP contribution in [0.3, 0.4) is 0 Å². The zero-order valence-corrected chi connectivity index (χ0v) is 82.9. The van der Waals surface area contributed by atoms with Crippen LogP contribution in [0.1, 0.15) is 30.1 Å². The number of pyridine rings is 2. The first-order valence-corrected chi connectivity index (χ1v) is 50.2. The van der Waals surface area contributed by atoms with Gasteiger partial charge in [0.1, 0.15) is 39.4 Å². The van der Waals surface area contributed by atoms with Crippen LogP contribution in [0.25, 0.3) is 90.0 Å².